The molecule has 0 saturated carbocycles. The molecule has 140 valence electrons. The van der Waals surface area contributed by atoms with Crippen LogP contribution in [0.3, 0.4) is 0 Å². The van der Waals surface area contributed by atoms with E-state index < -0.39 is 0 Å². The Morgan fingerprint density at radius 3 is 2.65 bits per heavy atom. The van der Waals surface area contributed by atoms with Crippen LogP contribution in [0.15, 0.2) is 27.4 Å². The lowest BCUT2D eigenvalue weighted by Crippen LogP contribution is -2.42. The number of carbonyl (C=O) groups excluding carboxylic acids is 1. The Hall–Kier alpha value is -2.18. The van der Waals surface area contributed by atoms with Crippen molar-refractivity contribution in [2.45, 2.75) is 39.7 Å². The number of nitrogens with zero attached hydrogens (tertiary/aromatic N) is 1. The van der Waals surface area contributed by atoms with E-state index in [1.54, 1.807) is 6.07 Å². The molecule has 0 spiro atoms. The Morgan fingerprint density at radius 2 is 1.92 bits per heavy atom. The van der Waals surface area contributed by atoms with Crippen LogP contribution < -0.4 is 10.9 Å². The molecule has 1 amide bonds. The number of morpholine rings is 1. The number of rotatable bonds is 5. The summed E-state index contributed by atoms with van der Waals surface area (Å²) in [6.07, 6.45) is 1.28. The first-order valence-corrected chi connectivity index (χ1v) is 9.11. The third-order valence-corrected chi connectivity index (χ3v) is 5.03. The first kappa shape index (κ1) is 18.6. The second-order valence-corrected chi connectivity index (χ2v) is 7.00. The molecule has 0 radical (unpaired) electrons. The maximum atomic E-state index is 12.4. The lowest BCUT2D eigenvalue weighted by molar-refractivity contribution is -0.116. The number of hydrogen-bond acceptors (Lipinski definition) is 5. The fourth-order valence-corrected chi connectivity index (χ4v) is 3.35. The van der Waals surface area contributed by atoms with Crippen molar-refractivity contribution in [2.24, 2.45) is 0 Å². The van der Waals surface area contributed by atoms with Crippen LogP contribution in [0, 0.1) is 13.8 Å². The summed E-state index contributed by atoms with van der Waals surface area (Å²) in [5, 5.41) is 3.84. The van der Waals surface area contributed by atoms with Crippen LogP contribution >= 0.6 is 0 Å². The minimum atomic E-state index is -0.358. The summed E-state index contributed by atoms with van der Waals surface area (Å²) in [4.78, 5) is 26.3. The normalized spacial score (nSPS) is 16.6. The van der Waals surface area contributed by atoms with Crippen molar-refractivity contribution in [3.8, 4) is 0 Å². The van der Waals surface area contributed by atoms with Gasteiger partial charge in [-0.05, 0) is 50.5 Å². The molecule has 1 aromatic heterocycles. The number of anilines is 1. The van der Waals surface area contributed by atoms with Gasteiger partial charge in [-0.1, -0.05) is 0 Å². The Morgan fingerprint density at radius 1 is 1.19 bits per heavy atom. The van der Waals surface area contributed by atoms with Gasteiger partial charge in [-0.15, -0.1) is 0 Å². The molecule has 1 unspecified atom stereocenters. The van der Waals surface area contributed by atoms with Crippen molar-refractivity contribution in [3.05, 3.63) is 39.7 Å². The molecule has 1 saturated heterocycles. The fraction of sp³-hybridized carbons (Fsp3) is 0.500. The maximum absolute atomic E-state index is 12.4. The van der Waals surface area contributed by atoms with Crippen molar-refractivity contribution in [1.29, 1.82) is 0 Å². The molecule has 0 bridgehead atoms. The van der Waals surface area contributed by atoms with E-state index >= 15 is 0 Å². The van der Waals surface area contributed by atoms with Gasteiger partial charge in [-0.25, -0.2) is 4.79 Å². The highest BCUT2D eigenvalue weighted by Gasteiger charge is 2.18. The van der Waals surface area contributed by atoms with Gasteiger partial charge in [-0.2, -0.15) is 0 Å². The highest BCUT2D eigenvalue weighted by Crippen LogP contribution is 2.25. The number of amides is 1. The van der Waals surface area contributed by atoms with Crippen LogP contribution in [0.2, 0.25) is 0 Å². The highest BCUT2D eigenvalue weighted by atomic mass is 16.5. The molecule has 1 N–H and O–H groups in total. The zero-order valence-corrected chi connectivity index (χ0v) is 15.6. The number of carbonyl (C=O) groups is 1. The van der Waals surface area contributed by atoms with E-state index in [2.05, 4.69) is 17.1 Å². The van der Waals surface area contributed by atoms with Gasteiger partial charge in [0.05, 0.1) is 13.2 Å². The average molecular weight is 358 g/mol. The monoisotopic (exact) mass is 358 g/mol. The Labute approximate surface area is 153 Å². The molecule has 0 aliphatic carbocycles. The van der Waals surface area contributed by atoms with Crippen molar-refractivity contribution >= 4 is 22.6 Å². The molecular formula is C20H26N2O4. The second kappa shape index (κ2) is 8.01. The van der Waals surface area contributed by atoms with Crippen LogP contribution in [0.1, 0.15) is 30.9 Å². The molecule has 6 heteroatoms. The molecule has 1 aliphatic rings. The van der Waals surface area contributed by atoms with Crippen LogP contribution in [0.25, 0.3) is 11.0 Å². The summed E-state index contributed by atoms with van der Waals surface area (Å²) in [6, 6.07) is 5.51. The van der Waals surface area contributed by atoms with E-state index in [4.69, 9.17) is 9.15 Å². The molecule has 1 aliphatic heterocycles. The number of fused-ring (bicyclic) bond motifs is 1. The molecule has 1 atom stereocenters. The van der Waals surface area contributed by atoms with Crippen LogP contribution in [-0.2, 0) is 9.53 Å². The zero-order valence-electron chi connectivity index (χ0n) is 15.6. The number of hydrogen-bond donors (Lipinski definition) is 1. The van der Waals surface area contributed by atoms with Crippen molar-refractivity contribution < 1.29 is 13.9 Å². The van der Waals surface area contributed by atoms with Gasteiger partial charge in [0.15, 0.2) is 0 Å². The molecular weight excluding hydrogens is 332 g/mol. The van der Waals surface area contributed by atoms with E-state index in [0.717, 1.165) is 54.9 Å². The van der Waals surface area contributed by atoms with Crippen LogP contribution in [-0.4, -0.2) is 43.2 Å². The summed E-state index contributed by atoms with van der Waals surface area (Å²) >= 11 is 0. The van der Waals surface area contributed by atoms with Gasteiger partial charge in [0.1, 0.15) is 5.58 Å². The maximum Gasteiger partial charge on any atom is 0.336 e. The molecule has 26 heavy (non-hydrogen) atoms. The predicted molar refractivity (Wildman–Crippen MR) is 102 cm³/mol. The summed E-state index contributed by atoms with van der Waals surface area (Å²) < 4.78 is 10.6. The number of aryl methyl sites for hydroxylation is 2. The molecule has 1 aromatic carbocycles. The topological polar surface area (TPSA) is 71.8 Å². The quantitative estimate of drug-likeness (QED) is 0.832. The molecule has 2 heterocycles. The Bertz CT molecular complexity index is 853. The molecule has 2 aromatic rings. The SMILES string of the molecule is Cc1cc2oc(=O)cc(C)c2cc1NC(=O)CCC(C)N1CCOCC1. The number of benzene rings is 1. The van der Waals surface area contributed by atoms with Crippen LogP contribution in [0.5, 0.6) is 0 Å². The number of ether oxygens (including phenoxy) is 1. The Kier molecular flexibility index (Phi) is 5.74. The first-order valence-electron chi connectivity index (χ1n) is 9.11. The summed E-state index contributed by atoms with van der Waals surface area (Å²) in [6.45, 7) is 9.31. The van der Waals surface area contributed by atoms with Gasteiger partial charge in [0.2, 0.25) is 5.91 Å². The standard InChI is InChI=1S/C20H26N2O4/c1-13-11-20(24)26-18-10-14(2)17(12-16(13)18)21-19(23)5-4-15(3)22-6-8-25-9-7-22/h10-12,15H,4-9H2,1-3H3,(H,21,23). The summed E-state index contributed by atoms with van der Waals surface area (Å²) in [5.74, 6) is 0.00240. The highest BCUT2D eigenvalue weighted by molar-refractivity contribution is 5.95. The van der Waals surface area contributed by atoms with E-state index in [0.29, 0.717) is 18.0 Å². The molecule has 6 nitrogen and oxygen atoms in total. The van der Waals surface area contributed by atoms with E-state index in [-0.39, 0.29) is 11.5 Å². The van der Waals surface area contributed by atoms with Gasteiger partial charge in [-0.3, -0.25) is 9.69 Å². The van der Waals surface area contributed by atoms with E-state index in [1.807, 2.05) is 19.9 Å². The summed E-state index contributed by atoms with van der Waals surface area (Å²) in [5.41, 5.74) is 2.67. The fourth-order valence-electron chi connectivity index (χ4n) is 3.35. The Balaban J connectivity index is 1.65. The minimum absolute atomic E-state index is 0.00240. The van der Waals surface area contributed by atoms with E-state index in [9.17, 15) is 9.59 Å². The smallest absolute Gasteiger partial charge is 0.336 e. The summed E-state index contributed by atoms with van der Waals surface area (Å²) in [7, 11) is 0. The lowest BCUT2D eigenvalue weighted by atomic mass is 10.1. The predicted octanol–water partition coefficient (Wildman–Crippen LogP) is 2.85. The van der Waals surface area contributed by atoms with Gasteiger partial charge >= 0.3 is 5.63 Å². The van der Waals surface area contributed by atoms with E-state index in [1.165, 1.54) is 6.07 Å². The largest absolute Gasteiger partial charge is 0.423 e. The lowest BCUT2D eigenvalue weighted by Gasteiger charge is -2.32. The molecule has 1 fully saturated rings. The van der Waals surface area contributed by atoms with Crippen molar-refractivity contribution in [3.63, 3.8) is 0 Å². The van der Waals surface area contributed by atoms with Crippen LogP contribution in [0.4, 0.5) is 5.69 Å². The number of nitrogens with one attached hydrogen (secondary N) is 1. The van der Waals surface area contributed by atoms with Crippen molar-refractivity contribution in [1.82, 2.24) is 4.90 Å². The van der Waals surface area contributed by atoms with Gasteiger partial charge in [0.25, 0.3) is 0 Å². The first-order chi connectivity index (χ1) is 12.4. The molecule has 3 rings (SSSR count). The third kappa shape index (κ3) is 4.31. The minimum Gasteiger partial charge on any atom is -0.423 e. The third-order valence-electron chi connectivity index (χ3n) is 5.03. The second-order valence-electron chi connectivity index (χ2n) is 7.00. The average Bonchev–Trinajstić information content (AvgIpc) is 2.61. The van der Waals surface area contributed by atoms with Crippen molar-refractivity contribution in [2.75, 3.05) is 31.6 Å². The van der Waals surface area contributed by atoms with Gasteiger partial charge < -0.3 is 14.5 Å². The zero-order chi connectivity index (χ0) is 18.7. The van der Waals surface area contributed by atoms with Gasteiger partial charge in [0, 0.05) is 42.7 Å².